The van der Waals surface area contributed by atoms with Gasteiger partial charge >= 0.3 is 0 Å². The first kappa shape index (κ1) is 23.7. The normalized spacial score (nSPS) is 18.3. The quantitative estimate of drug-likeness (QED) is 0.667. The van der Waals surface area contributed by atoms with Crippen molar-refractivity contribution in [3.63, 3.8) is 0 Å². The molecule has 8 nitrogen and oxygen atoms in total. The number of nitrogens with one attached hydrogen (secondary N) is 1. The Kier molecular flexibility index (Phi) is 7.62. The van der Waals surface area contributed by atoms with Crippen LogP contribution in [0.5, 0.6) is 0 Å². The molecule has 1 N–H and O–H groups in total. The largest absolute Gasteiger partial charge is 0.354 e. The van der Waals surface area contributed by atoms with Gasteiger partial charge in [-0.2, -0.15) is 4.31 Å². The number of piperidine rings is 1. The number of carbonyl (C=O) groups is 1. The molecule has 3 heterocycles. The topological polar surface area (TPSA) is 85.8 Å². The Morgan fingerprint density at radius 2 is 1.76 bits per heavy atom. The highest BCUT2D eigenvalue weighted by atomic mass is 32.2. The molecule has 1 aromatic carbocycles. The molecule has 2 saturated heterocycles. The van der Waals surface area contributed by atoms with Crippen LogP contribution in [-0.4, -0.2) is 74.3 Å². The third-order valence-electron chi connectivity index (χ3n) is 6.45. The van der Waals surface area contributed by atoms with Crippen molar-refractivity contribution >= 4 is 21.7 Å². The highest BCUT2D eigenvalue weighted by Crippen LogP contribution is 2.21. The molecule has 0 bridgehead atoms. The Balaban J connectivity index is 1.35. The average Bonchev–Trinajstić information content (AvgIpc) is 2.88. The van der Waals surface area contributed by atoms with Crippen molar-refractivity contribution in [3.8, 4) is 0 Å². The maximum atomic E-state index is 12.9. The van der Waals surface area contributed by atoms with E-state index in [1.807, 2.05) is 12.1 Å². The van der Waals surface area contributed by atoms with E-state index >= 15 is 0 Å². The molecule has 0 spiro atoms. The molecule has 2 aliphatic rings. The number of hydrogen-bond donors (Lipinski definition) is 1. The van der Waals surface area contributed by atoms with E-state index in [4.69, 9.17) is 0 Å². The summed E-state index contributed by atoms with van der Waals surface area (Å²) in [4.78, 5) is 22.1. The van der Waals surface area contributed by atoms with E-state index in [0.717, 1.165) is 63.4 Å². The number of hydrogen-bond acceptors (Lipinski definition) is 6. The molecule has 2 fully saturated rings. The van der Waals surface area contributed by atoms with Crippen molar-refractivity contribution in [2.24, 2.45) is 0 Å². The first-order valence-electron chi connectivity index (χ1n) is 11.8. The number of rotatable bonds is 7. The Labute approximate surface area is 196 Å². The Hall–Kier alpha value is -2.49. The number of carbonyl (C=O) groups excluding carboxylic acids is 1. The summed E-state index contributed by atoms with van der Waals surface area (Å²) in [7, 11) is -3.57. The number of aromatic nitrogens is 1. The summed E-state index contributed by atoms with van der Waals surface area (Å²) in [6, 6.07) is 10.3. The number of benzene rings is 1. The SMILES string of the molecule is CCN1CCN(c2ccc(CNC(=O)c3cccc(S(=O)(=O)N4CCCCC4)c3)cn2)CC1. The van der Waals surface area contributed by atoms with Gasteiger partial charge in [0.15, 0.2) is 0 Å². The molecular weight excluding hydrogens is 438 g/mol. The van der Waals surface area contributed by atoms with E-state index in [9.17, 15) is 13.2 Å². The van der Waals surface area contributed by atoms with Gasteiger partial charge in [0.1, 0.15) is 5.82 Å². The van der Waals surface area contributed by atoms with Crippen molar-refractivity contribution in [3.05, 3.63) is 53.7 Å². The molecule has 4 rings (SSSR count). The lowest BCUT2D eigenvalue weighted by Crippen LogP contribution is -2.46. The van der Waals surface area contributed by atoms with Crippen LogP contribution in [0.1, 0.15) is 42.1 Å². The zero-order valence-corrected chi connectivity index (χ0v) is 20.1. The van der Waals surface area contributed by atoms with Crippen LogP contribution in [0, 0.1) is 0 Å². The van der Waals surface area contributed by atoms with Crippen molar-refractivity contribution in [1.29, 1.82) is 0 Å². The fourth-order valence-electron chi connectivity index (χ4n) is 4.34. The smallest absolute Gasteiger partial charge is 0.251 e. The minimum atomic E-state index is -3.57. The maximum absolute atomic E-state index is 12.9. The number of amides is 1. The molecule has 9 heteroatoms. The number of piperazine rings is 1. The Morgan fingerprint density at radius 3 is 2.42 bits per heavy atom. The zero-order valence-electron chi connectivity index (χ0n) is 19.2. The molecular formula is C24H33N5O3S. The molecule has 178 valence electrons. The van der Waals surface area contributed by atoms with Crippen LogP contribution in [0.2, 0.25) is 0 Å². The second-order valence-electron chi connectivity index (χ2n) is 8.62. The van der Waals surface area contributed by atoms with Gasteiger partial charge in [0, 0.05) is 57.6 Å². The summed E-state index contributed by atoms with van der Waals surface area (Å²) < 4.78 is 27.4. The minimum Gasteiger partial charge on any atom is -0.354 e. The van der Waals surface area contributed by atoms with Crippen LogP contribution in [0.4, 0.5) is 5.82 Å². The fraction of sp³-hybridized carbons (Fsp3) is 0.500. The van der Waals surface area contributed by atoms with Crippen LogP contribution in [0.15, 0.2) is 47.5 Å². The van der Waals surface area contributed by atoms with E-state index in [0.29, 0.717) is 25.2 Å². The van der Waals surface area contributed by atoms with E-state index in [-0.39, 0.29) is 10.8 Å². The highest BCUT2D eigenvalue weighted by molar-refractivity contribution is 7.89. The summed E-state index contributed by atoms with van der Waals surface area (Å²) in [6.07, 6.45) is 4.60. The average molecular weight is 472 g/mol. The van der Waals surface area contributed by atoms with Crippen LogP contribution >= 0.6 is 0 Å². The first-order chi connectivity index (χ1) is 16.0. The second-order valence-corrected chi connectivity index (χ2v) is 10.6. The number of sulfonamides is 1. The van der Waals surface area contributed by atoms with Crippen LogP contribution in [0.25, 0.3) is 0 Å². The second kappa shape index (κ2) is 10.6. The number of nitrogens with zero attached hydrogens (tertiary/aromatic N) is 4. The molecule has 0 atom stereocenters. The van der Waals surface area contributed by atoms with E-state index in [1.165, 1.54) is 10.4 Å². The molecule has 33 heavy (non-hydrogen) atoms. The number of pyridine rings is 1. The molecule has 2 aliphatic heterocycles. The van der Waals surface area contributed by atoms with Gasteiger partial charge in [-0.05, 0) is 49.2 Å². The summed E-state index contributed by atoms with van der Waals surface area (Å²) >= 11 is 0. The van der Waals surface area contributed by atoms with Gasteiger partial charge in [-0.15, -0.1) is 0 Å². The van der Waals surface area contributed by atoms with E-state index in [2.05, 4.69) is 27.0 Å². The third-order valence-corrected chi connectivity index (χ3v) is 8.35. The molecule has 1 amide bonds. The lowest BCUT2D eigenvalue weighted by Gasteiger charge is -2.34. The molecule has 2 aromatic rings. The third kappa shape index (κ3) is 5.72. The summed E-state index contributed by atoms with van der Waals surface area (Å²) in [5.41, 5.74) is 1.24. The number of anilines is 1. The van der Waals surface area contributed by atoms with Crippen molar-refractivity contribution < 1.29 is 13.2 Å². The number of likely N-dealkylation sites (N-methyl/N-ethyl adjacent to an activating group) is 1. The monoisotopic (exact) mass is 471 g/mol. The Morgan fingerprint density at radius 1 is 1.00 bits per heavy atom. The molecule has 0 saturated carbocycles. The van der Waals surface area contributed by atoms with Crippen molar-refractivity contribution in [2.75, 3.05) is 50.7 Å². The van der Waals surface area contributed by atoms with Crippen LogP contribution < -0.4 is 10.2 Å². The maximum Gasteiger partial charge on any atom is 0.251 e. The molecule has 0 radical (unpaired) electrons. The van der Waals surface area contributed by atoms with Gasteiger partial charge in [-0.3, -0.25) is 4.79 Å². The summed E-state index contributed by atoms with van der Waals surface area (Å²) in [5, 5.41) is 2.88. The fourth-order valence-corrected chi connectivity index (χ4v) is 5.90. The van der Waals surface area contributed by atoms with Crippen LogP contribution in [-0.2, 0) is 16.6 Å². The van der Waals surface area contributed by atoms with Crippen LogP contribution in [0.3, 0.4) is 0 Å². The van der Waals surface area contributed by atoms with Gasteiger partial charge in [-0.25, -0.2) is 13.4 Å². The molecule has 1 aromatic heterocycles. The predicted molar refractivity (Wildman–Crippen MR) is 129 cm³/mol. The molecule has 0 unspecified atom stereocenters. The summed E-state index contributed by atoms with van der Waals surface area (Å²) in [5.74, 6) is 0.655. The lowest BCUT2D eigenvalue weighted by molar-refractivity contribution is 0.0950. The lowest BCUT2D eigenvalue weighted by atomic mass is 10.2. The predicted octanol–water partition coefficient (Wildman–Crippen LogP) is 2.33. The highest BCUT2D eigenvalue weighted by Gasteiger charge is 2.26. The zero-order chi connectivity index (χ0) is 23.3. The van der Waals surface area contributed by atoms with Gasteiger partial charge in [-0.1, -0.05) is 25.5 Å². The van der Waals surface area contributed by atoms with Crippen molar-refractivity contribution in [1.82, 2.24) is 19.5 Å². The van der Waals surface area contributed by atoms with Gasteiger partial charge in [0.2, 0.25) is 10.0 Å². The summed E-state index contributed by atoms with van der Waals surface area (Å²) in [6.45, 7) is 8.69. The van der Waals surface area contributed by atoms with E-state index < -0.39 is 10.0 Å². The first-order valence-corrected chi connectivity index (χ1v) is 13.2. The Bertz CT molecular complexity index is 1040. The van der Waals surface area contributed by atoms with Gasteiger partial charge in [0.25, 0.3) is 5.91 Å². The van der Waals surface area contributed by atoms with E-state index in [1.54, 1.807) is 24.4 Å². The molecule has 0 aliphatic carbocycles. The minimum absolute atomic E-state index is 0.172. The standard InChI is InChI=1S/C24H33N5O3S/c1-2-27-13-15-28(16-14-27)23-10-9-20(18-25-23)19-26-24(30)21-7-6-8-22(17-21)33(31,32)29-11-4-3-5-12-29/h6-10,17-18H,2-5,11-16,19H2,1H3,(H,26,30). The van der Waals surface area contributed by atoms with Gasteiger partial charge in [0.05, 0.1) is 4.90 Å². The van der Waals surface area contributed by atoms with Gasteiger partial charge < -0.3 is 15.1 Å². The van der Waals surface area contributed by atoms with Crippen molar-refractivity contribution in [2.45, 2.75) is 37.6 Å².